The molecule has 1 N–H and O–H groups in total. The summed E-state index contributed by atoms with van der Waals surface area (Å²) in [5.41, 5.74) is 1.59. The van der Waals surface area contributed by atoms with E-state index < -0.39 is 10.0 Å². The van der Waals surface area contributed by atoms with Crippen LogP contribution in [0.4, 0.5) is 5.69 Å². The van der Waals surface area contributed by atoms with Crippen LogP contribution in [0.15, 0.2) is 48.7 Å². The molecule has 2 aromatic rings. The van der Waals surface area contributed by atoms with Crippen molar-refractivity contribution in [3.8, 4) is 5.88 Å². The molecule has 7 heteroatoms. The van der Waals surface area contributed by atoms with E-state index in [1.165, 1.54) is 4.31 Å². The lowest BCUT2D eigenvalue weighted by molar-refractivity contribution is 0.208. The van der Waals surface area contributed by atoms with Crippen LogP contribution in [0.1, 0.15) is 12.0 Å². The Kier molecular flexibility index (Phi) is 5.01. The van der Waals surface area contributed by atoms with Crippen LogP contribution in [0, 0.1) is 0 Å². The normalized spacial score (nSPS) is 18.5. The first-order valence-electron chi connectivity index (χ1n) is 7.89. The maximum absolute atomic E-state index is 12.6. The Bertz CT molecular complexity index is 781. The summed E-state index contributed by atoms with van der Waals surface area (Å²) in [4.78, 5) is 4.22. The number of nitrogens with one attached hydrogen (secondary N) is 1. The minimum atomic E-state index is -3.34. The van der Waals surface area contributed by atoms with Gasteiger partial charge >= 0.3 is 0 Å². The van der Waals surface area contributed by atoms with Crippen molar-refractivity contribution >= 4 is 15.7 Å². The highest BCUT2D eigenvalue weighted by atomic mass is 32.2. The molecule has 3 rings (SSSR count). The zero-order valence-electron chi connectivity index (χ0n) is 13.6. The number of anilines is 1. The Balaban J connectivity index is 1.64. The number of rotatable bonds is 6. The fourth-order valence-corrected chi connectivity index (χ4v) is 4.33. The van der Waals surface area contributed by atoms with Crippen LogP contribution in [0.5, 0.6) is 5.88 Å². The molecule has 1 fully saturated rings. The van der Waals surface area contributed by atoms with Crippen LogP contribution in [0.25, 0.3) is 0 Å². The van der Waals surface area contributed by atoms with Crippen molar-refractivity contribution in [3.05, 3.63) is 54.2 Å². The summed E-state index contributed by atoms with van der Waals surface area (Å²) in [5.74, 6) is 0.527. The fraction of sp³-hybridized carbons (Fsp3) is 0.353. The van der Waals surface area contributed by atoms with Gasteiger partial charge in [0, 0.05) is 19.8 Å². The summed E-state index contributed by atoms with van der Waals surface area (Å²) >= 11 is 0. The molecule has 1 aliphatic heterocycles. The summed E-state index contributed by atoms with van der Waals surface area (Å²) in [6.45, 7) is 0.830. The van der Waals surface area contributed by atoms with Gasteiger partial charge < -0.3 is 10.1 Å². The molecule has 1 aromatic heterocycles. The lowest BCUT2D eigenvalue weighted by Gasteiger charge is -2.18. The summed E-state index contributed by atoms with van der Waals surface area (Å²) < 4.78 is 32.5. The van der Waals surface area contributed by atoms with Crippen LogP contribution in [0.2, 0.25) is 0 Å². The van der Waals surface area contributed by atoms with E-state index in [2.05, 4.69) is 10.3 Å². The van der Waals surface area contributed by atoms with E-state index in [4.69, 9.17) is 4.74 Å². The van der Waals surface area contributed by atoms with Gasteiger partial charge in [0.1, 0.15) is 6.10 Å². The summed E-state index contributed by atoms with van der Waals surface area (Å²) in [5, 5.41) is 3.02. The molecular formula is C17H21N3O3S. The minimum absolute atomic E-state index is 0.0198. The highest BCUT2D eigenvalue weighted by Crippen LogP contribution is 2.25. The molecule has 1 atom stereocenters. The van der Waals surface area contributed by atoms with Crippen LogP contribution in [-0.2, 0) is 15.8 Å². The molecule has 0 spiro atoms. The van der Waals surface area contributed by atoms with Crippen LogP contribution >= 0.6 is 0 Å². The van der Waals surface area contributed by atoms with Crippen molar-refractivity contribution in [1.82, 2.24) is 9.29 Å². The predicted octanol–water partition coefficient (Wildman–Crippen LogP) is 2.11. The van der Waals surface area contributed by atoms with Gasteiger partial charge in [-0.1, -0.05) is 30.3 Å². The van der Waals surface area contributed by atoms with E-state index >= 15 is 0 Å². The molecule has 24 heavy (non-hydrogen) atoms. The average molecular weight is 347 g/mol. The van der Waals surface area contributed by atoms with Crippen molar-refractivity contribution in [3.63, 3.8) is 0 Å². The average Bonchev–Trinajstić information content (AvgIpc) is 3.05. The molecular weight excluding hydrogens is 326 g/mol. The van der Waals surface area contributed by atoms with E-state index in [0.717, 1.165) is 11.3 Å². The lowest BCUT2D eigenvalue weighted by Crippen LogP contribution is -2.32. The third-order valence-corrected chi connectivity index (χ3v) is 5.83. The van der Waals surface area contributed by atoms with E-state index in [0.29, 0.717) is 25.4 Å². The molecule has 0 amide bonds. The Morgan fingerprint density at radius 1 is 1.25 bits per heavy atom. The van der Waals surface area contributed by atoms with E-state index in [1.54, 1.807) is 13.2 Å². The Hall–Kier alpha value is -2.12. The van der Waals surface area contributed by atoms with Gasteiger partial charge in [-0.3, -0.25) is 0 Å². The molecule has 1 aliphatic rings. The maximum Gasteiger partial charge on any atom is 0.237 e. The van der Waals surface area contributed by atoms with Gasteiger partial charge in [0.25, 0.3) is 0 Å². The van der Waals surface area contributed by atoms with E-state index in [1.807, 2.05) is 42.5 Å². The topological polar surface area (TPSA) is 71.5 Å². The van der Waals surface area contributed by atoms with Gasteiger partial charge in [0.2, 0.25) is 15.9 Å². The number of nitrogens with zero attached hydrogens (tertiary/aromatic N) is 2. The van der Waals surface area contributed by atoms with E-state index in [-0.39, 0.29) is 11.9 Å². The number of hydrogen-bond donors (Lipinski definition) is 1. The first-order chi connectivity index (χ1) is 11.6. The van der Waals surface area contributed by atoms with Gasteiger partial charge in [-0.25, -0.2) is 13.4 Å². The molecule has 0 bridgehead atoms. The highest BCUT2D eigenvalue weighted by molar-refractivity contribution is 7.88. The number of sulfonamides is 1. The van der Waals surface area contributed by atoms with Crippen molar-refractivity contribution in [2.45, 2.75) is 18.3 Å². The first kappa shape index (κ1) is 16.7. The molecule has 2 heterocycles. The largest absolute Gasteiger partial charge is 0.471 e. The highest BCUT2D eigenvalue weighted by Gasteiger charge is 2.33. The molecule has 1 aromatic carbocycles. The molecule has 6 nitrogen and oxygen atoms in total. The van der Waals surface area contributed by atoms with Gasteiger partial charge in [-0.15, -0.1) is 0 Å². The molecule has 0 aliphatic carbocycles. The number of hydrogen-bond acceptors (Lipinski definition) is 5. The summed E-state index contributed by atoms with van der Waals surface area (Å²) in [6.07, 6.45) is 2.14. The Morgan fingerprint density at radius 2 is 2.04 bits per heavy atom. The summed E-state index contributed by atoms with van der Waals surface area (Å²) in [7, 11) is -1.54. The van der Waals surface area contributed by atoms with Gasteiger partial charge in [-0.2, -0.15) is 4.31 Å². The van der Waals surface area contributed by atoms with Crippen molar-refractivity contribution < 1.29 is 13.2 Å². The number of aromatic nitrogens is 1. The zero-order valence-corrected chi connectivity index (χ0v) is 14.4. The van der Waals surface area contributed by atoms with Crippen LogP contribution < -0.4 is 10.1 Å². The van der Waals surface area contributed by atoms with Gasteiger partial charge in [0.05, 0.1) is 18.0 Å². The second-order valence-electron chi connectivity index (χ2n) is 5.73. The van der Waals surface area contributed by atoms with Gasteiger partial charge in [0.15, 0.2) is 0 Å². The van der Waals surface area contributed by atoms with Gasteiger partial charge in [-0.05, 0) is 24.1 Å². The van der Waals surface area contributed by atoms with E-state index in [9.17, 15) is 8.42 Å². The zero-order chi connectivity index (χ0) is 17.0. The number of pyridine rings is 1. The summed E-state index contributed by atoms with van der Waals surface area (Å²) in [6, 6.07) is 12.9. The van der Waals surface area contributed by atoms with Crippen molar-refractivity contribution in [1.29, 1.82) is 0 Å². The standard InChI is InChI=1S/C17H21N3O3S/c1-18-16-8-5-10-19-17(16)23-15-9-11-20(12-15)24(21,22)13-14-6-3-2-4-7-14/h2-8,10,15,18H,9,11-13H2,1H3. The monoisotopic (exact) mass is 347 g/mol. The number of ether oxygens (including phenoxy) is 1. The van der Waals surface area contributed by atoms with Crippen molar-refractivity contribution in [2.75, 3.05) is 25.5 Å². The molecule has 0 radical (unpaired) electrons. The Labute approximate surface area is 142 Å². The number of benzene rings is 1. The van der Waals surface area contributed by atoms with Crippen LogP contribution in [-0.4, -0.2) is 43.9 Å². The third kappa shape index (κ3) is 3.85. The smallest absolute Gasteiger partial charge is 0.237 e. The minimum Gasteiger partial charge on any atom is -0.471 e. The third-order valence-electron chi connectivity index (χ3n) is 4.01. The fourth-order valence-electron chi connectivity index (χ4n) is 2.76. The lowest BCUT2D eigenvalue weighted by atomic mass is 10.2. The first-order valence-corrected chi connectivity index (χ1v) is 9.50. The van der Waals surface area contributed by atoms with Crippen LogP contribution in [0.3, 0.4) is 0 Å². The predicted molar refractivity (Wildman–Crippen MR) is 93.5 cm³/mol. The maximum atomic E-state index is 12.6. The van der Waals surface area contributed by atoms with Crippen molar-refractivity contribution in [2.24, 2.45) is 0 Å². The molecule has 1 unspecified atom stereocenters. The molecule has 0 saturated carbocycles. The second-order valence-corrected chi connectivity index (χ2v) is 7.70. The SMILES string of the molecule is CNc1cccnc1OC1CCN(S(=O)(=O)Cc2ccccc2)C1. The molecule has 128 valence electrons. The Morgan fingerprint density at radius 3 is 2.79 bits per heavy atom. The quantitative estimate of drug-likeness (QED) is 0.866. The second kappa shape index (κ2) is 7.19. The molecule has 1 saturated heterocycles.